The van der Waals surface area contributed by atoms with Crippen molar-refractivity contribution in [1.82, 2.24) is 19.5 Å². The van der Waals surface area contributed by atoms with E-state index in [1.165, 1.54) is 6.33 Å². The summed E-state index contributed by atoms with van der Waals surface area (Å²) in [6.07, 6.45) is 3.09. The fourth-order valence-electron chi connectivity index (χ4n) is 2.05. The van der Waals surface area contributed by atoms with Crippen LogP contribution >= 0.6 is 7.94 Å². The van der Waals surface area contributed by atoms with E-state index in [4.69, 9.17) is 19.5 Å². The first kappa shape index (κ1) is 15.5. The summed E-state index contributed by atoms with van der Waals surface area (Å²) < 4.78 is 18.0. The van der Waals surface area contributed by atoms with E-state index >= 15 is 0 Å². The summed E-state index contributed by atoms with van der Waals surface area (Å²) in [6.45, 7) is 3.90. The molecule has 120 valence electrons. The first-order valence-corrected chi connectivity index (χ1v) is 8.72. The highest BCUT2D eigenvalue weighted by Crippen LogP contribution is 2.59. The molecule has 0 radical (unpaired) electrons. The van der Waals surface area contributed by atoms with Crippen molar-refractivity contribution < 1.29 is 18.7 Å². The molecule has 1 aliphatic heterocycles. The Morgan fingerprint density at radius 2 is 2.18 bits per heavy atom. The molecular formula is C12H19N5O4P+. The van der Waals surface area contributed by atoms with E-state index in [9.17, 15) is 4.89 Å². The lowest BCUT2D eigenvalue weighted by Crippen LogP contribution is -2.24. The minimum Gasteiger partial charge on any atom is -0.382 e. The molecular weight excluding hydrogens is 309 g/mol. The van der Waals surface area contributed by atoms with Crippen LogP contribution in [-0.2, 0) is 20.3 Å². The van der Waals surface area contributed by atoms with Gasteiger partial charge in [-0.05, 0) is 0 Å². The first-order chi connectivity index (χ1) is 10.6. The highest BCUT2D eigenvalue weighted by atomic mass is 31.2. The Balaban J connectivity index is 1.51. The Bertz CT molecular complexity index is 643. The minimum atomic E-state index is -2.86. The molecule has 2 aromatic heterocycles. The number of ether oxygens (including phenoxy) is 1. The number of fused-ring (bicyclic) bond motifs is 1. The second-order valence-electron chi connectivity index (χ2n) is 5.24. The molecule has 0 aromatic carbocycles. The SMILES string of the molecule is CC1CO[P+](O)(COCCn2cnc3c(N)ncnc32)OC1. The van der Waals surface area contributed by atoms with Crippen LogP contribution in [0.5, 0.6) is 0 Å². The maximum atomic E-state index is 10.1. The number of hydrogen-bond donors (Lipinski definition) is 2. The number of hydrogen-bond acceptors (Lipinski definition) is 8. The topological polar surface area (TPSA) is 118 Å². The molecule has 3 rings (SSSR count). The Kier molecular flexibility index (Phi) is 4.51. The number of aromatic nitrogens is 4. The van der Waals surface area contributed by atoms with Gasteiger partial charge in [-0.15, -0.1) is 0 Å². The number of imidazole rings is 1. The monoisotopic (exact) mass is 328 g/mol. The van der Waals surface area contributed by atoms with Gasteiger partial charge in [0.15, 0.2) is 11.5 Å². The van der Waals surface area contributed by atoms with E-state index < -0.39 is 7.94 Å². The lowest BCUT2D eigenvalue weighted by atomic mass is 10.2. The standard InChI is InChI=1S/C12H19N5O4P/c1-9-4-20-22(18,21-5-9)8-19-3-2-17-7-16-10-11(13)14-6-15-12(10)17/h6-7,9,18H,2-5,8H2,1H3,(H2,13,14,15)/q+1. The molecule has 1 saturated heterocycles. The summed E-state index contributed by atoms with van der Waals surface area (Å²) >= 11 is 0. The number of anilines is 1. The minimum absolute atomic E-state index is 0.0590. The zero-order valence-corrected chi connectivity index (χ0v) is 13.1. The van der Waals surface area contributed by atoms with Gasteiger partial charge in [0, 0.05) is 12.5 Å². The van der Waals surface area contributed by atoms with Crippen molar-refractivity contribution in [2.45, 2.75) is 13.5 Å². The van der Waals surface area contributed by atoms with Crippen molar-refractivity contribution in [3.8, 4) is 0 Å². The van der Waals surface area contributed by atoms with Crippen molar-refractivity contribution in [2.24, 2.45) is 5.92 Å². The van der Waals surface area contributed by atoms with Gasteiger partial charge in [0.1, 0.15) is 25.1 Å². The van der Waals surface area contributed by atoms with E-state index in [2.05, 4.69) is 15.0 Å². The van der Waals surface area contributed by atoms with Gasteiger partial charge >= 0.3 is 7.94 Å². The number of nitrogens with two attached hydrogens (primary N) is 1. The highest BCUT2D eigenvalue weighted by Gasteiger charge is 2.45. The van der Waals surface area contributed by atoms with Crippen LogP contribution in [0.2, 0.25) is 0 Å². The van der Waals surface area contributed by atoms with E-state index in [1.807, 2.05) is 11.5 Å². The molecule has 0 unspecified atom stereocenters. The average Bonchev–Trinajstić information content (AvgIpc) is 2.92. The molecule has 1 aliphatic rings. The largest absolute Gasteiger partial charge is 0.436 e. The second kappa shape index (κ2) is 6.39. The molecule has 9 nitrogen and oxygen atoms in total. The molecule has 0 aliphatic carbocycles. The summed E-state index contributed by atoms with van der Waals surface area (Å²) in [4.78, 5) is 22.4. The van der Waals surface area contributed by atoms with Crippen molar-refractivity contribution >= 4 is 24.9 Å². The van der Waals surface area contributed by atoms with E-state index in [0.717, 1.165) is 0 Å². The summed E-state index contributed by atoms with van der Waals surface area (Å²) in [6, 6.07) is 0. The van der Waals surface area contributed by atoms with Crippen molar-refractivity contribution in [1.29, 1.82) is 0 Å². The van der Waals surface area contributed by atoms with E-state index in [-0.39, 0.29) is 6.35 Å². The van der Waals surface area contributed by atoms with E-state index in [1.54, 1.807) is 6.33 Å². The summed E-state index contributed by atoms with van der Waals surface area (Å²) in [7, 11) is -2.86. The normalized spacial score (nSPS) is 25.6. The fourth-order valence-corrected chi connectivity index (χ4v) is 3.61. The quantitative estimate of drug-likeness (QED) is 0.612. The zero-order chi connectivity index (χ0) is 15.6. The van der Waals surface area contributed by atoms with Crippen LogP contribution in [0.4, 0.5) is 5.82 Å². The van der Waals surface area contributed by atoms with Gasteiger partial charge < -0.3 is 15.0 Å². The molecule has 0 amide bonds. The molecule has 10 heteroatoms. The van der Waals surface area contributed by atoms with Gasteiger partial charge in [-0.3, -0.25) is 0 Å². The molecule has 0 atom stereocenters. The molecule has 22 heavy (non-hydrogen) atoms. The molecule has 3 heterocycles. The van der Waals surface area contributed by atoms with Crippen LogP contribution in [0, 0.1) is 5.92 Å². The third-order valence-corrected chi connectivity index (χ3v) is 4.90. The van der Waals surface area contributed by atoms with Crippen LogP contribution in [0.1, 0.15) is 6.92 Å². The summed E-state index contributed by atoms with van der Waals surface area (Å²) in [5, 5.41) is 0. The molecule has 0 saturated carbocycles. The number of nitrogen functional groups attached to an aromatic ring is 1. The van der Waals surface area contributed by atoms with Crippen LogP contribution in [0.25, 0.3) is 11.2 Å². The Morgan fingerprint density at radius 1 is 1.41 bits per heavy atom. The zero-order valence-electron chi connectivity index (χ0n) is 12.3. The smallest absolute Gasteiger partial charge is 0.382 e. The fraction of sp³-hybridized carbons (Fsp3) is 0.583. The van der Waals surface area contributed by atoms with Gasteiger partial charge in [-0.2, -0.15) is 13.9 Å². The van der Waals surface area contributed by atoms with Crippen LogP contribution in [0.3, 0.4) is 0 Å². The molecule has 0 spiro atoms. The Labute approximate surface area is 128 Å². The second-order valence-corrected chi connectivity index (χ2v) is 7.29. The lowest BCUT2D eigenvalue weighted by Gasteiger charge is -2.24. The van der Waals surface area contributed by atoms with Gasteiger partial charge in [-0.25, -0.2) is 15.0 Å². The van der Waals surface area contributed by atoms with E-state index in [0.29, 0.717) is 49.3 Å². The first-order valence-electron chi connectivity index (χ1n) is 6.96. The highest BCUT2D eigenvalue weighted by molar-refractivity contribution is 7.60. The number of nitrogens with zero attached hydrogens (tertiary/aromatic N) is 4. The van der Waals surface area contributed by atoms with Crippen molar-refractivity contribution in [3.05, 3.63) is 12.7 Å². The van der Waals surface area contributed by atoms with Gasteiger partial charge in [0.05, 0.1) is 12.9 Å². The van der Waals surface area contributed by atoms with Crippen LogP contribution in [0.15, 0.2) is 12.7 Å². The Hall–Kier alpha value is -1.38. The summed E-state index contributed by atoms with van der Waals surface area (Å²) in [5.41, 5.74) is 6.96. The molecule has 2 aromatic rings. The van der Waals surface area contributed by atoms with Gasteiger partial charge in [0.2, 0.25) is 6.35 Å². The molecule has 0 bridgehead atoms. The maximum absolute atomic E-state index is 10.1. The van der Waals surface area contributed by atoms with Gasteiger partial charge in [-0.1, -0.05) is 6.92 Å². The predicted molar refractivity (Wildman–Crippen MR) is 80.8 cm³/mol. The van der Waals surface area contributed by atoms with Crippen molar-refractivity contribution in [2.75, 3.05) is 31.9 Å². The predicted octanol–water partition coefficient (Wildman–Crippen LogP) is 0.820. The average molecular weight is 328 g/mol. The van der Waals surface area contributed by atoms with Crippen molar-refractivity contribution in [3.63, 3.8) is 0 Å². The maximum Gasteiger partial charge on any atom is 0.436 e. The summed E-state index contributed by atoms with van der Waals surface area (Å²) in [5.74, 6) is 0.644. The van der Waals surface area contributed by atoms with Gasteiger partial charge in [0.25, 0.3) is 0 Å². The molecule has 1 fully saturated rings. The number of rotatable bonds is 5. The third kappa shape index (κ3) is 3.34. The third-order valence-electron chi connectivity index (χ3n) is 3.28. The molecule has 3 N–H and O–H groups in total. The Morgan fingerprint density at radius 3 is 2.95 bits per heavy atom. The van der Waals surface area contributed by atoms with Crippen LogP contribution < -0.4 is 5.73 Å². The van der Waals surface area contributed by atoms with Crippen LogP contribution in [-0.4, -0.2) is 50.6 Å². The lowest BCUT2D eigenvalue weighted by molar-refractivity contribution is 0.0522.